The smallest absolute Gasteiger partial charge is 0.222 e. The highest BCUT2D eigenvalue weighted by atomic mass is 15.1. The van der Waals surface area contributed by atoms with Crippen LogP contribution in [-0.2, 0) is 6.54 Å². The van der Waals surface area contributed by atoms with E-state index < -0.39 is 0 Å². The second kappa shape index (κ2) is 5.04. The molecule has 1 aromatic heterocycles. The highest BCUT2D eigenvalue weighted by Gasteiger charge is 2.13. The van der Waals surface area contributed by atoms with E-state index in [9.17, 15) is 0 Å². The number of aromatic nitrogens is 2. The fourth-order valence-electron chi connectivity index (χ4n) is 1.68. The standard InChI is InChI=1S/C10H17N5/c11-5-8-6-13-10(14-7-8)15-9-1-3-12-4-2-9/h6-7,9,12H,1-5,11H2,(H,13,14,15). The number of nitrogens with zero attached hydrogens (tertiary/aromatic N) is 2. The summed E-state index contributed by atoms with van der Waals surface area (Å²) in [6.07, 6.45) is 5.80. The minimum Gasteiger partial charge on any atom is -0.351 e. The van der Waals surface area contributed by atoms with Gasteiger partial charge in [-0.1, -0.05) is 0 Å². The van der Waals surface area contributed by atoms with Gasteiger partial charge in [-0.25, -0.2) is 9.97 Å². The summed E-state index contributed by atoms with van der Waals surface area (Å²) in [6.45, 7) is 2.63. The van der Waals surface area contributed by atoms with Crippen molar-refractivity contribution >= 4 is 5.95 Å². The maximum absolute atomic E-state index is 5.48. The summed E-state index contributed by atoms with van der Waals surface area (Å²) in [5.74, 6) is 0.708. The van der Waals surface area contributed by atoms with Crippen LogP contribution in [-0.4, -0.2) is 29.1 Å². The van der Waals surface area contributed by atoms with Crippen LogP contribution in [0.3, 0.4) is 0 Å². The van der Waals surface area contributed by atoms with Gasteiger partial charge in [-0.15, -0.1) is 0 Å². The van der Waals surface area contributed by atoms with Crippen molar-refractivity contribution in [2.24, 2.45) is 5.73 Å². The van der Waals surface area contributed by atoms with Crippen molar-refractivity contribution in [1.82, 2.24) is 15.3 Å². The third kappa shape index (κ3) is 2.87. The molecule has 1 aliphatic rings. The van der Waals surface area contributed by atoms with Crippen molar-refractivity contribution in [2.45, 2.75) is 25.4 Å². The zero-order chi connectivity index (χ0) is 10.5. The van der Waals surface area contributed by atoms with Gasteiger partial charge in [0.05, 0.1) is 0 Å². The van der Waals surface area contributed by atoms with E-state index in [4.69, 9.17) is 5.73 Å². The number of piperidine rings is 1. The van der Waals surface area contributed by atoms with E-state index in [0.717, 1.165) is 31.5 Å². The van der Waals surface area contributed by atoms with Crippen molar-refractivity contribution in [3.63, 3.8) is 0 Å². The Kier molecular flexibility index (Phi) is 3.47. The van der Waals surface area contributed by atoms with Crippen LogP contribution in [0.2, 0.25) is 0 Å². The van der Waals surface area contributed by atoms with Gasteiger partial charge in [0.1, 0.15) is 0 Å². The Morgan fingerprint density at radius 2 is 2.00 bits per heavy atom. The summed E-state index contributed by atoms with van der Waals surface area (Å²) in [5, 5.41) is 6.65. The maximum atomic E-state index is 5.48. The number of anilines is 1. The number of hydrogen-bond donors (Lipinski definition) is 3. The van der Waals surface area contributed by atoms with E-state index in [1.807, 2.05) is 0 Å². The minimum absolute atomic E-state index is 0.494. The fraction of sp³-hybridized carbons (Fsp3) is 0.600. The molecule has 82 valence electrons. The summed E-state index contributed by atoms with van der Waals surface area (Å²) in [7, 11) is 0. The van der Waals surface area contributed by atoms with Crippen LogP contribution < -0.4 is 16.4 Å². The SMILES string of the molecule is NCc1cnc(NC2CCNCC2)nc1. The molecule has 1 fully saturated rings. The van der Waals surface area contributed by atoms with E-state index in [1.54, 1.807) is 12.4 Å². The molecule has 0 unspecified atom stereocenters. The zero-order valence-electron chi connectivity index (χ0n) is 8.74. The summed E-state index contributed by atoms with van der Waals surface area (Å²) in [6, 6.07) is 0.495. The van der Waals surface area contributed by atoms with Gasteiger partial charge < -0.3 is 16.4 Å². The lowest BCUT2D eigenvalue weighted by molar-refractivity contribution is 0.477. The number of nitrogens with two attached hydrogens (primary N) is 1. The van der Waals surface area contributed by atoms with E-state index in [0.29, 0.717) is 18.5 Å². The normalized spacial score (nSPS) is 17.7. The molecule has 5 nitrogen and oxygen atoms in total. The first-order chi connectivity index (χ1) is 7.38. The summed E-state index contributed by atoms with van der Waals surface area (Å²) < 4.78 is 0. The zero-order valence-corrected chi connectivity index (χ0v) is 8.74. The lowest BCUT2D eigenvalue weighted by Gasteiger charge is -2.23. The molecule has 4 N–H and O–H groups in total. The molecule has 1 saturated heterocycles. The first-order valence-electron chi connectivity index (χ1n) is 5.37. The van der Waals surface area contributed by atoms with Crippen LogP contribution >= 0.6 is 0 Å². The van der Waals surface area contributed by atoms with E-state index in [-0.39, 0.29) is 0 Å². The van der Waals surface area contributed by atoms with Gasteiger partial charge in [0, 0.05) is 30.5 Å². The molecule has 5 heteroatoms. The molecule has 0 aliphatic carbocycles. The van der Waals surface area contributed by atoms with Gasteiger partial charge in [-0.3, -0.25) is 0 Å². The Morgan fingerprint density at radius 3 is 2.60 bits per heavy atom. The molecule has 0 atom stereocenters. The lowest BCUT2D eigenvalue weighted by atomic mass is 10.1. The lowest BCUT2D eigenvalue weighted by Crippen LogP contribution is -2.35. The van der Waals surface area contributed by atoms with Crippen LogP contribution in [0, 0.1) is 0 Å². The van der Waals surface area contributed by atoms with Crippen LogP contribution in [0.1, 0.15) is 18.4 Å². The van der Waals surface area contributed by atoms with Crippen LogP contribution in [0.4, 0.5) is 5.95 Å². The van der Waals surface area contributed by atoms with Crippen LogP contribution in [0.5, 0.6) is 0 Å². The van der Waals surface area contributed by atoms with E-state index >= 15 is 0 Å². The Morgan fingerprint density at radius 1 is 1.33 bits per heavy atom. The average molecular weight is 207 g/mol. The molecule has 1 aromatic rings. The monoisotopic (exact) mass is 207 g/mol. The summed E-state index contributed by atoms with van der Waals surface area (Å²) in [4.78, 5) is 8.44. The first-order valence-corrected chi connectivity index (χ1v) is 5.37. The van der Waals surface area contributed by atoms with Crippen molar-refractivity contribution in [3.8, 4) is 0 Å². The quantitative estimate of drug-likeness (QED) is 0.655. The summed E-state index contributed by atoms with van der Waals surface area (Å²) in [5.41, 5.74) is 6.44. The average Bonchev–Trinajstić information content (AvgIpc) is 2.31. The van der Waals surface area contributed by atoms with Crippen molar-refractivity contribution < 1.29 is 0 Å². The van der Waals surface area contributed by atoms with Gasteiger partial charge in [-0.05, 0) is 25.9 Å². The molecular weight excluding hydrogens is 190 g/mol. The number of nitrogens with one attached hydrogen (secondary N) is 2. The Balaban J connectivity index is 1.91. The van der Waals surface area contributed by atoms with E-state index in [1.165, 1.54) is 0 Å². The Labute approximate surface area is 89.5 Å². The predicted octanol–water partition coefficient (Wildman–Crippen LogP) is 0.0992. The largest absolute Gasteiger partial charge is 0.351 e. The van der Waals surface area contributed by atoms with Gasteiger partial charge in [0.25, 0.3) is 0 Å². The minimum atomic E-state index is 0.494. The molecule has 0 bridgehead atoms. The highest BCUT2D eigenvalue weighted by molar-refractivity contribution is 5.26. The molecule has 0 aromatic carbocycles. The topological polar surface area (TPSA) is 75.9 Å². The molecule has 0 spiro atoms. The Hall–Kier alpha value is -1.20. The third-order valence-electron chi connectivity index (χ3n) is 2.61. The van der Waals surface area contributed by atoms with Crippen molar-refractivity contribution in [2.75, 3.05) is 18.4 Å². The molecule has 0 amide bonds. The fourth-order valence-corrected chi connectivity index (χ4v) is 1.68. The second-order valence-electron chi connectivity index (χ2n) is 3.79. The van der Waals surface area contributed by atoms with E-state index in [2.05, 4.69) is 20.6 Å². The van der Waals surface area contributed by atoms with Crippen LogP contribution in [0.25, 0.3) is 0 Å². The van der Waals surface area contributed by atoms with Gasteiger partial charge in [0.2, 0.25) is 5.95 Å². The van der Waals surface area contributed by atoms with Gasteiger partial charge >= 0.3 is 0 Å². The molecule has 2 heterocycles. The number of rotatable bonds is 3. The molecule has 1 aliphatic heterocycles. The van der Waals surface area contributed by atoms with Gasteiger partial charge in [0.15, 0.2) is 0 Å². The van der Waals surface area contributed by atoms with Crippen molar-refractivity contribution in [3.05, 3.63) is 18.0 Å². The maximum Gasteiger partial charge on any atom is 0.222 e. The van der Waals surface area contributed by atoms with Gasteiger partial charge in [-0.2, -0.15) is 0 Å². The second-order valence-corrected chi connectivity index (χ2v) is 3.79. The molecule has 0 saturated carbocycles. The molecule has 0 radical (unpaired) electrons. The molecule has 2 rings (SSSR count). The Bertz CT molecular complexity index is 291. The highest BCUT2D eigenvalue weighted by Crippen LogP contribution is 2.08. The number of hydrogen-bond acceptors (Lipinski definition) is 5. The van der Waals surface area contributed by atoms with Crippen molar-refractivity contribution in [1.29, 1.82) is 0 Å². The third-order valence-corrected chi connectivity index (χ3v) is 2.61. The summed E-state index contributed by atoms with van der Waals surface area (Å²) >= 11 is 0. The van der Waals surface area contributed by atoms with Crippen LogP contribution in [0.15, 0.2) is 12.4 Å². The predicted molar refractivity (Wildman–Crippen MR) is 59.4 cm³/mol. The molecule has 15 heavy (non-hydrogen) atoms. The molecular formula is C10H17N5. The first kappa shape index (κ1) is 10.3.